The van der Waals surface area contributed by atoms with Crippen molar-refractivity contribution < 1.29 is 19.1 Å². The normalized spacial score (nSPS) is 10.8. The van der Waals surface area contributed by atoms with E-state index in [2.05, 4.69) is 4.74 Å². The van der Waals surface area contributed by atoms with E-state index >= 15 is 0 Å². The van der Waals surface area contributed by atoms with Gasteiger partial charge >= 0.3 is 5.97 Å². The molecule has 3 aromatic rings. The number of rotatable bonds is 12. The number of benzene rings is 2. The topological polar surface area (TPSA) is 114 Å². The van der Waals surface area contributed by atoms with Gasteiger partial charge in [-0.1, -0.05) is 30.3 Å². The van der Waals surface area contributed by atoms with E-state index in [0.717, 1.165) is 12.8 Å². The SMILES string of the molecule is COC(=O)c1ccc(OCCSc2nc3ccccc3c(=O)n2CCCCCC(N)=O)cc1. The molecule has 0 atom stereocenters. The summed E-state index contributed by atoms with van der Waals surface area (Å²) in [6.07, 6.45) is 2.61. The second-order valence-corrected chi connectivity index (χ2v) is 8.42. The van der Waals surface area contributed by atoms with Gasteiger partial charge in [0.2, 0.25) is 5.91 Å². The summed E-state index contributed by atoms with van der Waals surface area (Å²) < 4.78 is 12.1. The van der Waals surface area contributed by atoms with E-state index in [1.54, 1.807) is 34.9 Å². The van der Waals surface area contributed by atoms with Crippen LogP contribution in [0.3, 0.4) is 0 Å². The zero-order chi connectivity index (χ0) is 23.6. The summed E-state index contributed by atoms with van der Waals surface area (Å²) in [5.74, 6) is 0.523. The van der Waals surface area contributed by atoms with Gasteiger partial charge in [-0.25, -0.2) is 9.78 Å². The molecule has 0 fully saturated rings. The molecular weight excluding hydrogens is 442 g/mol. The molecule has 8 nitrogen and oxygen atoms in total. The van der Waals surface area contributed by atoms with Crippen molar-refractivity contribution in [1.82, 2.24) is 9.55 Å². The Morgan fingerprint density at radius 2 is 1.82 bits per heavy atom. The Labute approximate surface area is 196 Å². The lowest BCUT2D eigenvalue weighted by Gasteiger charge is -2.13. The molecule has 0 aliphatic rings. The fourth-order valence-corrected chi connectivity index (χ4v) is 4.14. The van der Waals surface area contributed by atoms with Crippen molar-refractivity contribution in [1.29, 1.82) is 0 Å². The van der Waals surface area contributed by atoms with Gasteiger partial charge in [0, 0.05) is 18.7 Å². The molecule has 0 aliphatic heterocycles. The number of hydrogen-bond acceptors (Lipinski definition) is 7. The monoisotopic (exact) mass is 469 g/mol. The predicted octanol–water partition coefficient (Wildman–Crippen LogP) is 3.40. The van der Waals surface area contributed by atoms with E-state index in [-0.39, 0.29) is 11.5 Å². The molecule has 9 heteroatoms. The Bertz CT molecular complexity index is 1160. The number of unbranched alkanes of at least 4 members (excludes halogenated alkanes) is 2. The van der Waals surface area contributed by atoms with E-state index in [0.29, 0.717) is 59.1 Å². The van der Waals surface area contributed by atoms with Crippen LogP contribution in [0.25, 0.3) is 10.9 Å². The maximum absolute atomic E-state index is 13.1. The first kappa shape index (κ1) is 24.3. The fourth-order valence-electron chi connectivity index (χ4n) is 3.30. The minimum absolute atomic E-state index is 0.0719. The van der Waals surface area contributed by atoms with Crippen LogP contribution in [0.2, 0.25) is 0 Å². The number of amides is 1. The van der Waals surface area contributed by atoms with Crippen LogP contribution in [-0.2, 0) is 16.1 Å². The van der Waals surface area contributed by atoms with Crippen molar-refractivity contribution in [2.75, 3.05) is 19.5 Å². The largest absolute Gasteiger partial charge is 0.493 e. The summed E-state index contributed by atoms with van der Waals surface area (Å²) >= 11 is 1.45. The van der Waals surface area contributed by atoms with Crippen molar-refractivity contribution in [3.63, 3.8) is 0 Å². The van der Waals surface area contributed by atoms with E-state index in [4.69, 9.17) is 15.5 Å². The molecule has 174 valence electrons. The van der Waals surface area contributed by atoms with Crippen LogP contribution >= 0.6 is 11.8 Å². The number of nitrogens with two attached hydrogens (primary N) is 1. The maximum Gasteiger partial charge on any atom is 0.337 e. The molecule has 33 heavy (non-hydrogen) atoms. The average molecular weight is 470 g/mol. The highest BCUT2D eigenvalue weighted by Gasteiger charge is 2.12. The Balaban J connectivity index is 1.63. The van der Waals surface area contributed by atoms with Gasteiger partial charge in [-0.15, -0.1) is 0 Å². The zero-order valence-corrected chi connectivity index (χ0v) is 19.3. The smallest absolute Gasteiger partial charge is 0.337 e. The number of thioether (sulfide) groups is 1. The third kappa shape index (κ3) is 6.82. The number of aromatic nitrogens is 2. The number of fused-ring (bicyclic) bond motifs is 1. The number of carbonyl (C=O) groups is 2. The minimum atomic E-state index is -0.396. The number of para-hydroxylation sites is 1. The molecule has 0 saturated heterocycles. The van der Waals surface area contributed by atoms with Gasteiger partial charge in [0.1, 0.15) is 5.75 Å². The van der Waals surface area contributed by atoms with Gasteiger partial charge in [0.25, 0.3) is 5.56 Å². The van der Waals surface area contributed by atoms with E-state index in [9.17, 15) is 14.4 Å². The van der Waals surface area contributed by atoms with Crippen molar-refractivity contribution in [3.8, 4) is 5.75 Å². The van der Waals surface area contributed by atoms with Crippen LogP contribution in [0.5, 0.6) is 5.75 Å². The van der Waals surface area contributed by atoms with Gasteiger partial charge < -0.3 is 15.2 Å². The second-order valence-electron chi connectivity index (χ2n) is 7.36. The molecule has 0 spiro atoms. The second kappa shape index (κ2) is 12.1. The maximum atomic E-state index is 13.1. The molecular formula is C24H27N3O5S. The standard InChI is InChI=1S/C24H27N3O5S/c1-31-23(30)17-10-12-18(13-11-17)32-15-16-33-24-26-20-8-5-4-7-19(20)22(29)27(24)14-6-2-3-9-21(25)28/h4-5,7-8,10-13H,2-3,6,9,14-16H2,1H3,(H2,25,28). The lowest BCUT2D eigenvalue weighted by molar-refractivity contribution is -0.118. The van der Waals surface area contributed by atoms with Crippen molar-refractivity contribution in [2.24, 2.45) is 5.73 Å². The van der Waals surface area contributed by atoms with Crippen molar-refractivity contribution in [3.05, 3.63) is 64.4 Å². The van der Waals surface area contributed by atoms with Gasteiger partial charge in [-0.2, -0.15) is 0 Å². The molecule has 0 bridgehead atoms. The molecule has 1 heterocycles. The molecule has 1 amide bonds. The van der Waals surface area contributed by atoms with Gasteiger partial charge in [0.05, 0.1) is 30.2 Å². The summed E-state index contributed by atoms with van der Waals surface area (Å²) in [4.78, 5) is 40.2. The van der Waals surface area contributed by atoms with E-state index in [1.165, 1.54) is 18.9 Å². The lowest BCUT2D eigenvalue weighted by atomic mass is 10.2. The van der Waals surface area contributed by atoms with E-state index < -0.39 is 5.97 Å². The quantitative estimate of drug-likeness (QED) is 0.187. The third-order valence-corrected chi connectivity index (χ3v) is 5.93. The van der Waals surface area contributed by atoms with Gasteiger partial charge in [-0.05, 0) is 49.2 Å². The summed E-state index contributed by atoms with van der Waals surface area (Å²) in [6, 6.07) is 14.0. The first-order valence-electron chi connectivity index (χ1n) is 10.7. The molecule has 0 radical (unpaired) electrons. The lowest BCUT2D eigenvalue weighted by Crippen LogP contribution is -2.24. The van der Waals surface area contributed by atoms with Crippen LogP contribution in [0.4, 0.5) is 0 Å². The predicted molar refractivity (Wildman–Crippen MR) is 128 cm³/mol. The fraction of sp³-hybridized carbons (Fsp3) is 0.333. The first-order valence-corrected chi connectivity index (χ1v) is 11.7. The highest BCUT2D eigenvalue weighted by molar-refractivity contribution is 7.99. The minimum Gasteiger partial charge on any atom is -0.493 e. The Morgan fingerprint density at radius 3 is 2.55 bits per heavy atom. The summed E-state index contributed by atoms with van der Waals surface area (Å²) in [7, 11) is 1.34. The summed E-state index contributed by atoms with van der Waals surface area (Å²) in [5, 5.41) is 1.22. The number of esters is 1. The molecule has 3 rings (SSSR count). The number of methoxy groups -OCH3 is 1. The summed E-state index contributed by atoms with van der Waals surface area (Å²) in [6.45, 7) is 0.928. The third-order valence-electron chi connectivity index (χ3n) is 4.99. The molecule has 1 aromatic heterocycles. The molecule has 0 saturated carbocycles. The highest BCUT2D eigenvalue weighted by atomic mass is 32.2. The molecule has 2 aromatic carbocycles. The van der Waals surface area contributed by atoms with Crippen molar-refractivity contribution >= 4 is 34.5 Å². The number of hydrogen-bond donors (Lipinski definition) is 1. The Kier molecular flexibility index (Phi) is 8.88. The molecule has 0 unspecified atom stereocenters. The summed E-state index contributed by atoms with van der Waals surface area (Å²) in [5.41, 5.74) is 6.24. The van der Waals surface area contributed by atoms with Crippen LogP contribution < -0.4 is 16.0 Å². The number of primary amides is 1. The molecule has 0 aliphatic carbocycles. The Morgan fingerprint density at radius 1 is 1.06 bits per heavy atom. The number of ether oxygens (including phenoxy) is 2. The van der Waals surface area contributed by atoms with Gasteiger partial charge in [0.15, 0.2) is 5.16 Å². The van der Waals surface area contributed by atoms with Crippen molar-refractivity contribution in [2.45, 2.75) is 37.4 Å². The number of nitrogens with zero attached hydrogens (tertiary/aromatic N) is 2. The van der Waals surface area contributed by atoms with Gasteiger partial charge in [-0.3, -0.25) is 14.2 Å². The van der Waals surface area contributed by atoms with Crippen LogP contribution in [0, 0.1) is 0 Å². The van der Waals surface area contributed by atoms with Crippen LogP contribution in [0.15, 0.2) is 58.5 Å². The zero-order valence-electron chi connectivity index (χ0n) is 18.5. The Hall–Kier alpha value is -3.33. The van der Waals surface area contributed by atoms with Crippen LogP contribution in [-0.4, -0.2) is 40.9 Å². The average Bonchev–Trinajstić information content (AvgIpc) is 2.83. The number of carbonyl (C=O) groups excluding carboxylic acids is 2. The van der Waals surface area contributed by atoms with E-state index in [1.807, 2.05) is 18.2 Å². The highest BCUT2D eigenvalue weighted by Crippen LogP contribution is 2.20. The molecule has 2 N–H and O–H groups in total. The van der Waals surface area contributed by atoms with Crippen LogP contribution in [0.1, 0.15) is 36.0 Å². The first-order chi connectivity index (χ1) is 16.0.